The lowest BCUT2D eigenvalue weighted by molar-refractivity contribution is 0.517. The molecule has 1 heterocycles. The summed E-state index contributed by atoms with van der Waals surface area (Å²) >= 11 is 6.15. The summed E-state index contributed by atoms with van der Waals surface area (Å²) in [6.07, 6.45) is 5.62. The Bertz CT molecular complexity index is 570. The summed E-state index contributed by atoms with van der Waals surface area (Å²) in [5.74, 6) is 0.754. The van der Waals surface area contributed by atoms with Crippen LogP contribution in [0.3, 0.4) is 0 Å². The van der Waals surface area contributed by atoms with Crippen LogP contribution in [0.4, 0.5) is 0 Å². The van der Waals surface area contributed by atoms with Gasteiger partial charge in [0.05, 0.1) is 0 Å². The molecule has 1 unspecified atom stereocenters. The molecule has 0 aliphatic carbocycles. The summed E-state index contributed by atoms with van der Waals surface area (Å²) in [6, 6.07) is 6.33. The van der Waals surface area contributed by atoms with E-state index in [4.69, 9.17) is 17.3 Å². The maximum absolute atomic E-state index is 6.15. The first-order valence-electron chi connectivity index (χ1n) is 7.50. The van der Waals surface area contributed by atoms with E-state index in [1.807, 2.05) is 6.07 Å². The van der Waals surface area contributed by atoms with Gasteiger partial charge in [0, 0.05) is 34.7 Å². The minimum absolute atomic E-state index is 0.181. The third-order valence-electron chi connectivity index (χ3n) is 3.65. The van der Waals surface area contributed by atoms with Gasteiger partial charge in [0.1, 0.15) is 0 Å². The van der Waals surface area contributed by atoms with Gasteiger partial charge in [0.15, 0.2) is 0 Å². The zero-order valence-corrected chi connectivity index (χ0v) is 13.5. The van der Waals surface area contributed by atoms with Gasteiger partial charge in [-0.3, -0.25) is 0 Å². The molecular formula is C17H25ClN2. The van der Waals surface area contributed by atoms with Crippen LogP contribution >= 0.6 is 11.6 Å². The number of aryl methyl sites for hydroxylation is 1. The summed E-state index contributed by atoms with van der Waals surface area (Å²) in [6.45, 7) is 7.64. The Balaban J connectivity index is 2.30. The number of aromatic nitrogens is 1. The van der Waals surface area contributed by atoms with Crippen LogP contribution in [0, 0.1) is 5.92 Å². The topological polar surface area (TPSA) is 30.9 Å². The molecule has 0 amide bonds. The average Bonchev–Trinajstić information content (AvgIpc) is 2.66. The first kappa shape index (κ1) is 15.4. The van der Waals surface area contributed by atoms with E-state index in [9.17, 15) is 0 Å². The largest absolute Gasteiger partial charge is 0.347 e. The molecule has 0 saturated heterocycles. The van der Waals surface area contributed by atoms with Gasteiger partial charge in [0.2, 0.25) is 0 Å². The highest BCUT2D eigenvalue weighted by atomic mass is 35.5. The molecule has 3 heteroatoms. The van der Waals surface area contributed by atoms with Crippen LogP contribution in [-0.4, -0.2) is 10.6 Å². The lowest BCUT2D eigenvalue weighted by Crippen LogP contribution is -2.17. The van der Waals surface area contributed by atoms with Gasteiger partial charge < -0.3 is 10.3 Å². The smallest absolute Gasteiger partial charge is 0.0498 e. The number of hydrogen-bond acceptors (Lipinski definition) is 1. The Kier molecular flexibility index (Phi) is 5.11. The van der Waals surface area contributed by atoms with Gasteiger partial charge in [-0.2, -0.15) is 0 Å². The van der Waals surface area contributed by atoms with Crippen LogP contribution in [0.2, 0.25) is 5.02 Å². The second-order valence-electron chi connectivity index (χ2n) is 6.23. The molecule has 110 valence electrons. The van der Waals surface area contributed by atoms with E-state index in [2.05, 4.69) is 43.7 Å². The Morgan fingerprint density at radius 2 is 2.00 bits per heavy atom. The first-order valence-corrected chi connectivity index (χ1v) is 7.88. The van der Waals surface area contributed by atoms with E-state index in [1.165, 1.54) is 29.3 Å². The Hall–Kier alpha value is -0.990. The van der Waals surface area contributed by atoms with Gasteiger partial charge in [-0.15, -0.1) is 0 Å². The van der Waals surface area contributed by atoms with Crippen molar-refractivity contribution in [3.8, 4) is 0 Å². The maximum Gasteiger partial charge on any atom is 0.0498 e. The van der Waals surface area contributed by atoms with Gasteiger partial charge in [0.25, 0.3) is 0 Å². The molecule has 2 nitrogen and oxygen atoms in total. The van der Waals surface area contributed by atoms with Crippen LogP contribution in [0.1, 0.15) is 39.2 Å². The number of rotatable bonds is 6. The van der Waals surface area contributed by atoms with Crippen molar-refractivity contribution in [3.63, 3.8) is 0 Å². The molecular weight excluding hydrogens is 268 g/mol. The molecule has 0 radical (unpaired) electrons. The molecule has 0 bridgehead atoms. The van der Waals surface area contributed by atoms with Crippen molar-refractivity contribution in [2.45, 2.75) is 52.6 Å². The van der Waals surface area contributed by atoms with E-state index in [0.717, 1.165) is 23.9 Å². The number of halogens is 1. The van der Waals surface area contributed by atoms with Crippen molar-refractivity contribution in [1.29, 1.82) is 0 Å². The minimum atomic E-state index is 0.181. The van der Waals surface area contributed by atoms with Crippen molar-refractivity contribution in [1.82, 2.24) is 4.57 Å². The second kappa shape index (κ2) is 6.64. The van der Waals surface area contributed by atoms with E-state index >= 15 is 0 Å². The number of nitrogens with two attached hydrogens (primary N) is 1. The van der Waals surface area contributed by atoms with E-state index < -0.39 is 0 Å². The van der Waals surface area contributed by atoms with Gasteiger partial charge in [-0.1, -0.05) is 31.5 Å². The van der Waals surface area contributed by atoms with Gasteiger partial charge in [-0.05, 0) is 49.8 Å². The predicted octanol–water partition coefficient (Wildman–Crippen LogP) is 4.62. The van der Waals surface area contributed by atoms with Crippen molar-refractivity contribution in [2.24, 2.45) is 11.7 Å². The SMILES string of the molecule is CC(C)CCCn1cc(CC(C)N)c2ccc(Cl)cc21. The Labute approximate surface area is 126 Å². The summed E-state index contributed by atoms with van der Waals surface area (Å²) < 4.78 is 2.33. The van der Waals surface area contributed by atoms with E-state index in [0.29, 0.717) is 0 Å². The third-order valence-corrected chi connectivity index (χ3v) is 3.88. The summed E-state index contributed by atoms with van der Waals surface area (Å²) in [5.41, 5.74) is 8.52. The number of nitrogens with zero attached hydrogens (tertiary/aromatic N) is 1. The lowest BCUT2D eigenvalue weighted by Gasteiger charge is -2.07. The van der Waals surface area contributed by atoms with Crippen molar-refractivity contribution in [2.75, 3.05) is 0 Å². The average molecular weight is 293 g/mol. The molecule has 20 heavy (non-hydrogen) atoms. The standard InChI is InChI=1S/C17H25ClN2/c1-12(2)5-4-8-20-11-14(9-13(3)19)16-7-6-15(18)10-17(16)20/h6-7,10-13H,4-5,8-9,19H2,1-3H3. The van der Waals surface area contributed by atoms with Gasteiger partial charge in [-0.25, -0.2) is 0 Å². The summed E-state index contributed by atoms with van der Waals surface area (Å²) in [5, 5.41) is 2.09. The quantitative estimate of drug-likeness (QED) is 0.827. The number of benzene rings is 1. The highest BCUT2D eigenvalue weighted by molar-refractivity contribution is 6.31. The zero-order chi connectivity index (χ0) is 14.7. The fourth-order valence-corrected chi connectivity index (χ4v) is 2.87. The maximum atomic E-state index is 6.15. The van der Waals surface area contributed by atoms with Crippen LogP contribution in [0.25, 0.3) is 10.9 Å². The Morgan fingerprint density at radius 1 is 1.25 bits per heavy atom. The van der Waals surface area contributed by atoms with Crippen LogP contribution in [0.15, 0.2) is 24.4 Å². The fourth-order valence-electron chi connectivity index (χ4n) is 2.71. The normalized spacial score (nSPS) is 13.3. The molecule has 1 atom stereocenters. The van der Waals surface area contributed by atoms with Gasteiger partial charge >= 0.3 is 0 Å². The summed E-state index contributed by atoms with van der Waals surface area (Å²) in [4.78, 5) is 0. The van der Waals surface area contributed by atoms with Crippen molar-refractivity contribution < 1.29 is 0 Å². The lowest BCUT2D eigenvalue weighted by atomic mass is 10.1. The molecule has 0 spiro atoms. The van der Waals surface area contributed by atoms with Crippen LogP contribution in [0.5, 0.6) is 0 Å². The van der Waals surface area contributed by atoms with E-state index in [1.54, 1.807) is 0 Å². The number of fused-ring (bicyclic) bond motifs is 1. The monoisotopic (exact) mass is 292 g/mol. The molecule has 1 aromatic heterocycles. The molecule has 2 aromatic rings. The Morgan fingerprint density at radius 3 is 2.65 bits per heavy atom. The predicted molar refractivity (Wildman–Crippen MR) is 88.4 cm³/mol. The third kappa shape index (κ3) is 3.77. The highest BCUT2D eigenvalue weighted by Gasteiger charge is 2.10. The van der Waals surface area contributed by atoms with Crippen LogP contribution < -0.4 is 5.73 Å². The second-order valence-corrected chi connectivity index (χ2v) is 6.66. The molecule has 2 rings (SSSR count). The highest BCUT2D eigenvalue weighted by Crippen LogP contribution is 2.26. The molecule has 1 aromatic carbocycles. The molecule has 0 saturated carbocycles. The van der Waals surface area contributed by atoms with E-state index in [-0.39, 0.29) is 6.04 Å². The van der Waals surface area contributed by atoms with Crippen molar-refractivity contribution >= 4 is 22.5 Å². The molecule has 2 N–H and O–H groups in total. The molecule has 0 aliphatic rings. The fraction of sp³-hybridized carbons (Fsp3) is 0.529. The minimum Gasteiger partial charge on any atom is -0.347 e. The molecule has 0 aliphatic heterocycles. The zero-order valence-electron chi connectivity index (χ0n) is 12.7. The first-order chi connectivity index (χ1) is 9.47. The van der Waals surface area contributed by atoms with Crippen LogP contribution in [-0.2, 0) is 13.0 Å². The summed E-state index contributed by atoms with van der Waals surface area (Å²) in [7, 11) is 0. The van der Waals surface area contributed by atoms with Crippen molar-refractivity contribution in [3.05, 3.63) is 35.0 Å². The number of hydrogen-bond donors (Lipinski definition) is 1. The molecule has 0 fully saturated rings.